The van der Waals surface area contributed by atoms with Gasteiger partial charge in [0.2, 0.25) is 0 Å². The molecule has 3 nitrogen and oxygen atoms in total. The van der Waals surface area contributed by atoms with Crippen LogP contribution in [0.25, 0.3) is 11.1 Å². The van der Waals surface area contributed by atoms with E-state index in [4.69, 9.17) is 9.47 Å². The molecule has 0 atom stereocenters. The molecule has 0 N–H and O–H groups in total. The second-order valence-electron chi connectivity index (χ2n) is 4.24. The van der Waals surface area contributed by atoms with Gasteiger partial charge < -0.3 is 9.47 Å². The smallest absolute Gasteiger partial charge is 0.159 e. The summed E-state index contributed by atoms with van der Waals surface area (Å²) in [7, 11) is 3.23. The highest BCUT2D eigenvalue weighted by molar-refractivity contribution is 5.95. The van der Waals surface area contributed by atoms with Crippen molar-refractivity contribution in [3.8, 4) is 22.6 Å². The van der Waals surface area contributed by atoms with Crippen LogP contribution in [0.5, 0.6) is 11.5 Å². The summed E-state index contributed by atoms with van der Waals surface area (Å²) in [5.41, 5.74) is 2.61. The molecule has 0 heterocycles. The molecule has 98 valence electrons. The fourth-order valence-corrected chi connectivity index (χ4v) is 1.89. The van der Waals surface area contributed by atoms with E-state index in [9.17, 15) is 4.79 Å². The Morgan fingerprint density at radius 1 is 0.895 bits per heavy atom. The molecule has 19 heavy (non-hydrogen) atoms. The van der Waals surface area contributed by atoms with Crippen LogP contribution in [0.4, 0.5) is 0 Å². The SMILES string of the molecule is COc1cc(OC)cc(-c2cccc(C(C)=O)c2)c1. The first kappa shape index (κ1) is 13.1. The van der Waals surface area contributed by atoms with E-state index in [1.165, 1.54) is 0 Å². The number of benzene rings is 2. The van der Waals surface area contributed by atoms with Crippen molar-refractivity contribution in [1.29, 1.82) is 0 Å². The van der Waals surface area contributed by atoms with Crippen molar-refractivity contribution in [2.75, 3.05) is 14.2 Å². The van der Waals surface area contributed by atoms with E-state index >= 15 is 0 Å². The first-order valence-electron chi connectivity index (χ1n) is 5.98. The monoisotopic (exact) mass is 256 g/mol. The molecule has 0 radical (unpaired) electrons. The van der Waals surface area contributed by atoms with Crippen LogP contribution in [0, 0.1) is 0 Å². The number of carbonyl (C=O) groups excluding carboxylic acids is 1. The van der Waals surface area contributed by atoms with Crippen molar-refractivity contribution in [3.05, 3.63) is 48.0 Å². The van der Waals surface area contributed by atoms with E-state index in [1.54, 1.807) is 21.1 Å². The molecule has 2 rings (SSSR count). The second-order valence-corrected chi connectivity index (χ2v) is 4.24. The summed E-state index contributed by atoms with van der Waals surface area (Å²) in [5.74, 6) is 1.50. The maximum atomic E-state index is 11.4. The van der Waals surface area contributed by atoms with Crippen molar-refractivity contribution in [1.82, 2.24) is 0 Å². The van der Waals surface area contributed by atoms with E-state index < -0.39 is 0 Å². The molecule has 0 fully saturated rings. The van der Waals surface area contributed by atoms with Gasteiger partial charge in [0.05, 0.1) is 14.2 Å². The summed E-state index contributed by atoms with van der Waals surface area (Å²) in [4.78, 5) is 11.4. The van der Waals surface area contributed by atoms with Crippen LogP contribution >= 0.6 is 0 Å². The molecule has 0 bridgehead atoms. The van der Waals surface area contributed by atoms with Gasteiger partial charge in [0.15, 0.2) is 5.78 Å². The zero-order chi connectivity index (χ0) is 13.8. The average Bonchev–Trinajstić information content (AvgIpc) is 2.46. The van der Waals surface area contributed by atoms with Crippen molar-refractivity contribution in [3.63, 3.8) is 0 Å². The number of hydrogen-bond acceptors (Lipinski definition) is 3. The molecule has 0 aliphatic carbocycles. The lowest BCUT2D eigenvalue weighted by Crippen LogP contribution is -1.93. The number of ether oxygens (including phenoxy) is 2. The second kappa shape index (κ2) is 5.57. The molecule has 0 aromatic heterocycles. The van der Waals surface area contributed by atoms with Crippen molar-refractivity contribution < 1.29 is 14.3 Å². The number of ketones is 1. The molecule has 0 unspecified atom stereocenters. The van der Waals surface area contributed by atoms with Gasteiger partial charge in [-0.2, -0.15) is 0 Å². The molecule has 0 saturated heterocycles. The largest absolute Gasteiger partial charge is 0.497 e. The highest BCUT2D eigenvalue weighted by Crippen LogP contribution is 2.30. The Balaban J connectivity index is 2.51. The molecule has 0 saturated carbocycles. The normalized spacial score (nSPS) is 10.1. The third-order valence-corrected chi connectivity index (χ3v) is 2.95. The fraction of sp³-hybridized carbons (Fsp3) is 0.188. The van der Waals surface area contributed by atoms with Gasteiger partial charge in [0, 0.05) is 11.6 Å². The summed E-state index contributed by atoms with van der Waals surface area (Å²) in [6.45, 7) is 1.56. The quantitative estimate of drug-likeness (QED) is 0.784. The summed E-state index contributed by atoms with van der Waals surface area (Å²) in [6, 6.07) is 13.2. The molecule has 0 aliphatic heterocycles. The van der Waals surface area contributed by atoms with Gasteiger partial charge in [-0.15, -0.1) is 0 Å². The van der Waals surface area contributed by atoms with Crippen LogP contribution in [-0.2, 0) is 0 Å². The van der Waals surface area contributed by atoms with Crippen LogP contribution in [0.15, 0.2) is 42.5 Å². The molecular weight excluding hydrogens is 240 g/mol. The van der Waals surface area contributed by atoms with Gasteiger partial charge in [-0.3, -0.25) is 4.79 Å². The zero-order valence-electron chi connectivity index (χ0n) is 11.3. The van der Waals surface area contributed by atoms with E-state index in [0.29, 0.717) is 5.56 Å². The Kier molecular flexibility index (Phi) is 3.85. The van der Waals surface area contributed by atoms with Gasteiger partial charge in [-0.25, -0.2) is 0 Å². The standard InChI is InChI=1S/C16H16O3/c1-11(17)12-5-4-6-13(7-12)14-8-15(18-2)10-16(9-14)19-3/h4-10H,1-3H3. The third-order valence-electron chi connectivity index (χ3n) is 2.95. The molecule has 2 aromatic carbocycles. The van der Waals surface area contributed by atoms with Gasteiger partial charge in [0.25, 0.3) is 0 Å². The van der Waals surface area contributed by atoms with Gasteiger partial charge in [-0.1, -0.05) is 18.2 Å². The summed E-state index contributed by atoms with van der Waals surface area (Å²) < 4.78 is 10.5. The minimum absolute atomic E-state index is 0.0525. The Bertz CT molecular complexity index is 580. The lowest BCUT2D eigenvalue weighted by atomic mass is 10.0. The van der Waals surface area contributed by atoms with Gasteiger partial charge in [0.1, 0.15) is 11.5 Å². The maximum absolute atomic E-state index is 11.4. The van der Waals surface area contributed by atoms with Crippen LogP contribution < -0.4 is 9.47 Å². The van der Waals surface area contributed by atoms with Crippen LogP contribution in [-0.4, -0.2) is 20.0 Å². The predicted octanol–water partition coefficient (Wildman–Crippen LogP) is 3.57. The van der Waals surface area contributed by atoms with E-state index in [2.05, 4.69) is 0 Å². The molecule has 0 spiro atoms. The van der Waals surface area contributed by atoms with Crippen molar-refractivity contribution in [2.24, 2.45) is 0 Å². The predicted molar refractivity (Wildman–Crippen MR) is 75.0 cm³/mol. The highest BCUT2D eigenvalue weighted by atomic mass is 16.5. The van der Waals surface area contributed by atoms with Crippen molar-refractivity contribution >= 4 is 5.78 Å². The molecule has 0 aliphatic rings. The van der Waals surface area contributed by atoms with Crippen LogP contribution in [0.3, 0.4) is 0 Å². The van der Waals surface area contributed by atoms with E-state index in [1.807, 2.05) is 42.5 Å². The molecule has 3 heteroatoms. The van der Waals surface area contributed by atoms with Crippen LogP contribution in [0.2, 0.25) is 0 Å². The van der Waals surface area contributed by atoms with E-state index in [0.717, 1.165) is 22.6 Å². The fourth-order valence-electron chi connectivity index (χ4n) is 1.89. The Morgan fingerprint density at radius 3 is 2.05 bits per heavy atom. The lowest BCUT2D eigenvalue weighted by molar-refractivity contribution is 0.101. The zero-order valence-corrected chi connectivity index (χ0v) is 11.3. The number of hydrogen-bond donors (Lipinski definition) is 0. The molecule has 2 aromatic rings. The minimum Gasteiger partial charge on any atom is -0.497 e. The number of carbonyl (C=O) groups is 1. The highest BCUT2D eigenvalue weighted by Gasteiger charge is 2.06. The Hall–Kier alpha value is -2.29. The topological polar surface area (TPSA) is 35.5 Å². The number of methoxy groups -OCH3 is 2. The van der Waals surface area contributed by atoms with Crippen LogP contribution in [0.1, 0.15) is 17.3 Å². The first-order chi connectivity index (χ1) is 9.13. The maximum Gasteiger partial charge on any atom is 0.159 e. The summed E-state index contributed by atoms with van der Waals surface area (Å²) in [5, 5.41) is 0. The van der Waals surface area contributed by atoms with Crippen molar-refractivity contribution in [2.45, 2.75) is 6.92 Å². The molecule has 0 amide bonds. The third kappa shape index (κ3) is 2.94. The van der Waals surface area contributed by atoms with Gasteiger partial charge in [-0.05, 0) is 36.2 Å². The van der Waals surface area contributed by atoms with Gasteiger partial charge >= 0.3 is 0 Å². The molecular formula is C16H16O3. The summed E-state index contributed by atoms with van der Waals surface area (Å²) >= 11 is 0. The minimum atomic E-state index is 0.0525. The first-order valence-corrected chi connectivity index (χ1v) is 5.98. The van der Waals surface area contributed by atoms with E-state index in [-0.39, 0.29) is 5.78 Å². The summed E-state index contributed by atoms with van der Waals surface area (Å²) in [6.07, 6.45) is 0. The average molecular weight is 256 g/mol. The number of Topliss-reactive ketones (excluding diaryl/α,β-unsaturated/α-hetero) is 1. The Morgan fingerprint density at radius 2 is 1.53 bits per heavy atom. The number of rotatable bonds is 4. The lowest BCUT2D eigenvalue weighted by Gasteiger charge is -2.09. The Labute approximate surface area is 112 Å².